The predicted molar refractivity (Wildman–Crippen MR) is 70.8 cm³/mol. The molecule has 0 bridgehead atoms. The molecule has 1 N–H and O–H groups in total. The summed E-state index contributed by atoms with van der Waals surface area (Å²) in [6.45, 7) is 9.44. The molecule has 1 rings (SSSR count). The Balaban J connectivity index is 2.21. The summed E-state index contributed by atoms with van der Waals surface area (Å²) in [7, 11) is 0. The summed E-state index contributed by atoms with van der Waals surface area (Å²) in [6, 6.07) is 0. The van der Waals surface area contributed by atoms with Crippen LogP contribution in [-0.4, -0.2) is 54.8 Å². The molecule has 0 aromatic rings. The number of hydrogen-bond acceptors (Lipinski definition) is 4. The minimum absolute atomic E-state index is 0.0335. The largest absolute Gasteiger partial charge is 0.444 e. The van der Waals surface area contributed by atoms with E-state index in [1.54, 1.807) is 25.7 Å². The second-order valence-corrected chi connectivity index (χ2v) is 5.70. The van der Waals surface area contributed by atoms with Gasteiger partial charge in [-0.1, -0.05) is 0 Å². The van der Waals surface area contributed by atoms with Gasteiger partial charge in [0.05, 0.1) is 12.7 Å². The average Bonchev–Trinajstić information content (AvgIpc) is 2.26. The highest BCUT2D eigenvalue weighted by atomic mass is 16.6. The third-order valence-corrected chi connectivity index (χ3v) is 2.60. The van der Waals surface area contributed by atoms with E-state index in [1.807, 2.05) is 6.92 Å². The molecular formula is C13H24N2O4. The van der Waals surface area contributed by atoms with Gasteiger partial charge >= 0.3 is 6.09 Å². The van der Waals surface area contributed by atoms with E-state index < -0.39 is 11.7 Å². The fourth-order valence-corrected chi connectivity index (χ4v) is 1.79. The van der Waals surface area contributed by atoms with Crippen LogP contribution in [0.15, 0.2) is 0 Å². The molecule has 0 radical (unpaired) electrons. The number of rotatable bonds is 3. The van der Waals surface area contributed by atoms with Crippen molar-refractivity contribution in [3.05, 3.63) is 0 Å². The molecule has 1 unspecified atom stereocenters. The number of alkyl carbamates (subject to hydrolysis) is 1. The lowest BCUT2D eigenvalue weighted by Gasteiger charge is -2.31. The van der Waals surface area contributed by atoms with E-state index in [0.717, 1.165) is 0 Å². The van der Waals surface area contributed by atoms with Crippen LogP contribution in [0.2, 0.25) is 0 Å². The van der Waals surface area contributed by atoms with Crippen LogP contribution >= 0.6 is 0 Å². The van der Waals surface area contributed by atoms with Crippen LogP contribution in [0.25, 0.3) is 0 Å². The minimum atomic E-state index is -0.520. The molecule has 1 fully saturated rings. The molecule has 1 aliphatic heterocycles. The van der Waals surface area contributed by atoms with Crippen LogP contribution in [0, 0.1) is 0 Å². The van der Waals surface area contributed by atoms with Crippen molar-refractivity contribution >= 4 is 12.0 Å². The predicted octanol–water partition coefficient (Wildman–Crippen LogP) is 1.15. The second-order valence-electron chi connectivity index (χ2n) is 5.70. The van der Waals surface area contributed by atoms with Gasteiger partial charge in [0.15, 0.2) is 0 Å². The van der Waals surface area contributed by atoms with Gasteiger partial charge in [-0.25, -0.2) is 4.79 Å². The van der Waals surface area contributed by atoms with E-state index in [1.165, 1.54) is 0 Å². The van der Waals surface area contributed by atoms with Crippen molar-refractivity contribution in [3.63, 3.8) is 0 Å². The lowest BCUT2D eigenvalue weighted by molar-refractivity contribution is -0.137. The highest BCUT2D eigenvalue weighted by Crippen LogP contribution is 2.07. The molecule has 0 saturated carbocycles. The number of carbonyl (C=O) groups excluding carboxylic acids is 2. The van der Waals surface area contributed by atoms with Crippen molar-refractivity contribution in [2.45, 2.75) is 45.8 Å². The van der Waals surface area contributed by atoms with Crippen LogP contribution in [0.3, 0.4) is 0 Å². The van der Waals surface area contributed by atoms with Crippen molar-refractivity contribution in [1.29, 1.82) is 0 Å². The quantitative estimate of drug-likeness (QED) is 0.837. The Morgan fingerprint density at radius 2 is 2.11 bits per heavy atom. The number of amides is 2. The first-order chi connectivity index (χ1) is 8.78. The zero-order chi connectivity index (χ0) is 14.5. The number of morpholine rings is 1. The Bertz CT molecular complexity index is 325. The Morgan fingerprint density at radius 1 is 1.42 bits per heavy atom. The summed E-state index contributed by atoms with van der Waals surface area (Å²) in [5.41, 5.74) is -0.520. The van der Waals surface area contributed by atoms with Gasteiger partial charge < -0.3 is 19.7 Å². The number of carbonyl (C=O) groups is 2. The molecule has 0 aromatic carbocycles. The molecule has 0 spiro atoms. The second kappa shape index (κ2) is 6.75. The topological polar surface area (TPSA) is 67.9 Å². The van der Waals surface area contributed by atoms with Gasteiger partial charge in [0.2, 0.25) is 5.91 Å². The molecular weight excluding hydrogens is 248 g/mol. The van der Waals surface area contributed by atoms with E-state index in [-0.39, 0.29) is 18.4 Å². The maximum atomic E-state index is 11.9. The van der Waals surface area contributed by atoms with Crippen molar-refractivity contribution in [2.75, 3.05) is 26.2 Å². The van der Waals surface area contributed by atoms with Crippen LogP contribution < -0.4 is 5.32 Å². The first kappa shape index (κ1) is 15.8. The molecule has 19 heavy (non-hydrogen) atoms. The summed E-state index contributed by atoms with van der Waals surface area (Å²) in [5.74, 6) is 0.0335. The van der Waals surface area contributed by atoms with Crippen LogP contribution in [0.1, 0.15) is 34.1 Å². The van der Waals surface area contributed by atoms with Gasteiger partial charge in [0, 0.05) is 26.1 Å². The molecule has 1 saturated heterocycles. The molecule has 6 heteroatoms. The third kappa shape index (κ3) is 6.42. The molecule has 0 aliphatic carbocycles. The summed E-state index contributed by atoms with van der Waals surface area (Å²) >= 11 is 0. The Labute approximate surface area is 114 Å². The molecule has 6 nitrogen and oxygen atoms in total. The van der Waals surface area contributed by atoms with E-state index in [4.69, 9.17) is 9.47 Å². The van der Waals surface area contributed by atoms with Crippen molar-refractivity contribution in [1.82, 2.24) is 10.2 Å². The summed E-state index contributed by atoms with van der Waals surface area (Å²) in [5, 5.41) is 2.58. The average molecular weight is 272 g/mol. The molecule has 1 aliphatic rings. The maximum Gasteiger partial charge on any atom is 0.407 e. The normalized spacial score (nSPS) is 20.0. The first-order valence-electron chi connectivity index (χ1n) is 6.64. The smallest absolute Gasteiger partial charge is 0.407 e. The van der Waals surface area contributed by atoms with Gasteiger partial charge in [-0.15, -0.1) is 0 Å². The van der Waals surface area contributed by atoms with Gasteiger partial charge in [0.25, 0.3) is 0 Å². The summed E-state index contributed by atoms with van der Waals surface area (Å²) < 4.78 is 10.5. The summed E-state index contributed by atoms with van der Waals surface area (Å²) in [4.78, 5) is 25.0. The lowest BCUT2D eigenvalue weighted by atomic mass is 10.2. The highest BCUT2D eigenvalue weighted by molar-refractivity contribution is 5.77. The monoisotopic (exact) mass is 272 g/mol. The SMILES string of the molecule is CC1CN(C(=O)CCNC(=O)OC(C)(C)C)CCO1. The van der Waals surface area contributed by atoms with E-state index >= 15 is 0 Å². The van der Waals surface area contributed by atoms with Crippen LogP contribution in [-0.2, 0) is 14.3 Å². The molecule has 0 aromatic heterocycles. The minimum Gasteiger partial charge on any atom is -0.444 e. The van der Waals surface area contributed by atoms with Crippen molar-refractivity contribution in [2.24, 2.45) is 0 Å². The fourth-order valence-electron chi connectivity index (χ4n) is 1.79. The number of nitrogens with one attached hydrogen (secondary N) is 1. The zero-order valence-corrected chi connectivity index (χ0v) is 12.2. The molecule has 1 heterocycles. The maximum absolute atomic E-state index is 11.9. The third-order valence-electron chi connectivity index (χ3n) is 2.60. The van der Waals surface area contributed by atoms with Crippen LogP contribution in [0.5, 0.6) is 0 Å². The van der Waals surface area contributed by atoms with Gasteiger partial charge in [-0.2, -0.15) is 0 Å². The first-order valence-corrected chi connectivity index (χ1v) is 6.64. The van der Waals surface area contributed by atoms with E-state index in [0.29, 0.717) is 26.2 Å². The number of hydrogen-bond donors (Lipinski definition) is 1. The lowest BCUT2D eigenvalue weighted by Crippen LogP contribution is -2.45. The number of nitrogens with zero attached hydrogens (tertiary/aromatic N) is 1. The molecule has 110 valence electrons. The molecule has 1 atom stereocenters. The van der Waals surface area contributed by atoms with Gasteiger partial charge in [0.1, 0.15) is 5.60 Å². The van der Waals surface area contributed by atoms with E-state index in [2.05, 4.69) is 5.32 Å². The summed E-state index contributed by atoms with van der Waals surface area (Å²) in [6.07, 6.45) is -0.126. The van der Waals surface area contributed by atoms with Crippen molar-refractivity contribution < 1.29 is 19.1 Å². The zero-order valence-electron chi connectivity index (χ0n) is 12.2. The van der Waals surface area contributed by atoms with Crippen molar-refractivity contribution in [3.8, 4) is 0 Å². The van der Waals surface area contributed by atoms with Gasteiger partial charge in [-0.05, 0) is 27.7 Å². The van der Waals surface area contributed by atoms with E-state index in [9.17, 15) is 9.59 Å². The fraction of sp³-hybridized carbons (Fsp3) is 0.846. The Morgan fingerprint density at radius 3 is 2.68 bits per heavy atom. The number of ether oxygens (including phenoxy) is 2. The Hall–Kier alpha value is -1.30. The van der Waals surface area contributed by atoms with Gasteiger partial charge in [-0.3, -0.25) is 4.79 Å². The standard InChI is InChI=1S/C13H24N2O4/c1-10-9-15(7-8-18-10)11(16)5-6-14-12(17)19-13(2,3)4/h10H,5-9H2,1-4H3,(H,14,17). The van der Waals surface area contributed by atoms with Crippen LogP contribution in [0.4, 0.5) is 4.79 Å². The Kier molecular flexibility index (Phi) is 5.60. The molecule has 2 amide bonds. The highest BCUT2D eigenvalue weighted by Gasteiger charge is 2.21.